The van der Waals surface area contributed by atoms with E-state index in [1.807, 2.05) is 43.3 Å². The monoisotopic (exact) mass is 437 g/mol. The molecule has 168 valence electrons. The molecule has 9 heteroatoms. The number of anilines is 4. The van der Waals surface area contributed by atoms with Crippen molar-refractivity contribution in [2.24, 2.45) is 11.5 Å². The fourth-order valence-electron chi connectivity index (χ4n) is 4.10. The number of nitrogens with zero attached hydrogens (tertiary/aromatic N) is 3. The molecule has 0 saturated heterocycles. The summed E-state index contributed by atoms with van der Waals surface area (Å²) in [5.41, 5.74) is 14.1. The number of pyridine rings is 2. The smallest absolute Gasteiger partial charge is 0.252 e. The first-order chi connectivity index (χ1) is 15.3. The Morgan fingerprint density at radius 2 is 1.97 bits per heavy atom. The Bertz CT molecular complexity index is 1150. The van der Waals surface area contributed by atoms with Crippen molar-refractivity contribution >= 4 is 39.8 Å². The van der Waals surface area contributed by atoms with Crippen molar-refractivity contribution < 1.29 is 9.18 Å². The predicted molar refractivity (Wildman–Crippen MR) is 126 cm³/mol. The van der Waals surface area contributed by atoms with Crippen LogP contribution in [0.2, 0.25) is 0 Å². The molecular weight excluding hydrogens is 409 g/mol. The van der Waals surface area contributed by atoms with Gasteiger partial charge in [-0.3, -0.25) is 9.78 Å². The molecule has 6 N–H and O–H groups in total. The lowest BCUT2D eigenvalue weighted by molar-refractivity contribution is 0.100. The number of rotatable bonds is 6. The highest BCUT2D eigenvalue weighted by Crippen LogP contribution is 2.29. The Hall–Kier alpha value is -3.46. The average Bonchev–Trinajstić information content (AvgIpc) is 2.76. The fourth-order valence-corrected chi connectivity index (χ4v) is 4.10. The highest BCUT2D eigenvalue weighted by Gasteiger charge is 2.24. The molecule has 2 aromatic heterocycles. The van der Waals surface area contributed by atoms with Crippen molar-refractivity contribution in [3.8, 4) is 0 Å². The highest BCUT2D eigenvalue weighted by molar-refractivity contribution is 5.99. The molecule has 1 fully saturated rings. The molecule has 3 aromatic rings. The van der Waals surface area contributed by atoms with Crippen molar-refractivity contribution in [3.63, 3.8) is 0 Å². The molecule has 0 aliphatic heterocycles. The molecule has 0 spiro atoms. The second-order valence-corrected chi connectivity index (χ2v) is 8.37. The van der Waals surface area contributed by atoms with Gasteiger partial charge in [0.2, 0.25) is 0 Å². The number of benzene rings is 1. The van der Waals surface area contributed by atoms with E-state index in [4.69, 9.17) is 11.5 Å². The third-order valence-corrected chi connectivity index (χ3v) is 5.82. The van der Waals surface area contributed by atoms with E-state index in [0.717, 1.165) is 48.3 Å². The maximum absolute atomic E-state index is 14.7. The van der Waals surface area contributed by atoms with Crippen molar-refractivity contribution in [3.05, 3.63) is 47.9 Å². The first kappa shape index (κ1) is 21.8. The minimum absolute atomic E-state index is 0.0388. The van der Waals surface area contributed by atoms with E-state index in [9.17, 15) is 9.18 Å². The molecule has 1 unspecified atom stereocenters. The number of halogens is 1. The highest BCUT2D eigenvalue weighted by atomic mass is 19.1. The molecule has 4 rings (SSSR count). The van der Waals surface area contributed by atoms with Crippen LogP contribution in [0, 0.1) is 5.82 Å². The number of hydrogen-bond donors (Lipinski definition) is 4. The van der Waals surface area contributed by atoms with Crippen LogP contribution in [-0.4, -0.2) is 42.1 Å². The lowest BCUT2D eigenvalue weighted by Gasteiger charge is -2.30. The van der Waals surface area contributed by atoms with E-state index in [-0.39, 0.29) is 29.3 Å². The van der Waals surface area contributed by atoms with E-state index in [2.05, 4.69) is 20.6 Å². The SMILES string of the molecule is CN(C)c1cccc2cc(Nc3nc(N[C@@H]4CCCCC4N)c(F)cc3C(N)=O)cnc12. The van der Waals surface area contributed by atoms with Crippen LogP contribution in [0.1, 0.15) is 36.0 Å². The van der Waals surface area contributed by atoms with Gasteiger partial charge in [0, 0.05) is 31.6 Å². The number of carbonyl (C=O) groups excluding carboxylic acids is 1. The van der Waals surface area contributed by atoms with Crippen LogP contribution in [0.15, 0.2) is 36.5 Å². The van der Waals surface area contributed by atoms with Gasteiger partial charge >= 0.3 is 0 Å². The minimum Gasteiger partial charge on any atom is -0.376 e. The van der Waals surface area contributed by atoms with Gasteiger partial charge in [-0.25, -0.2) is 9.37 Å². The summed E-state index contributed by atoms with van der Waals surface area (Å²) < 4.78 is 14.7. The number of primary amides is 1. The number of amides is 1. The number of aromatic nitrogens is 2. The summed E-state index contributed by atoms with van der Waals surface area (Å²) in [4.78, 5) is 22.9. The van der Waals surface area contributed by atoms with Crippen LogP contribution >= 0.6 is 0 Å². The quantitative estimate of drug-likeness (QED) is 0.466. The summed E-state index contributed by atoms with van der Waals surface area (Å²) in [6.07, 6.45) is 5.45. The van der Waals surface area contributed by atoms with Crippen LogP contribution in [0.4, 0.5) is 27.4 Å². The first-order valence-electron chi connectivity index (χ1n) is 10.7. The Balaban J connectivity index is 1.68. The Kier molecular flexibility index (Phi) is 6.09. The number of nitrogens with two attached hydrogens (primary N) is 2. The van der Waals surface area contributed by atoms with Gasteiger partial charge in [0.1, 0.15) is 5.82 Å². The van der Waals surface area contributed by atoms with Gasteiger partial charge in [-0.15, -0.1) is 0 Å². The fraction of sp³-hybridized carbons (Fsp3) is 0.348. The van der Waals surface area contributed by atoms with Gasteiger partial charge in [0.05, 0.1) is 28.7 Å². The van der Waals surface area contributed by atoms with Crippen LogP contribution in [0.5, 0.6) is 0 Å². The number of para-hydroxylation sites is 1. The maximum Gasteiger partial charge on any atom is 0.252 e. The average molecular weight is 438 g/mol. The summed E-state index contributed by atoms with van der Waals surface area (Å²) in [5, 5.41) is 7.11. The largest absolute Gasteiger partial charge is 0.376 e. The summed E-state index contributed by atoms with van der Waals surface area (Å²) in [5.74, 6) is -1.21. The van der Waals surface area contributed by atoms with E-state index < -0.39 is 11.7 Å². The molecule has 2 heterocycles. The zero-order valence-electron chi connectivity index (χ0n) is 18.2. The molecule has 1 aliphatic carbocycles. The summed E-state index contributed by atoms with van der Waals surface area (Å²) in [6, 6.07) is 8.73. The second-order valence-electron chi connectivity index (χ2n) is 8.37. The third-order valence-electron chi connectivity index (χ3n) is 5.82. The molecule has 0 bridgehead atoms. The Morgan fingerprint density at radius 1 is 1.19 bits per heavy atom. The minimum atomic E-state index is -0.775. The summed E-state index contributed by atoms with van der Waals surface area (Å²) >= 11 is 0. The third kappa shape index (κ3) is 4.43. The number of hydrogen-bond acceptors (Lipinski definition) is 7. The zero-order chi connectivity index (χ0) is 22.8. The van der Waals surface area contributed by atoms with E-state index in [1.54, 1.807) is 6.20 Å². The van der Waals surface area contributed by atoms with Crippen LogP contribution in [0.3, 0.4) is 0 Å². The van der Waals surface area contributed by atoms with Gasteiger partial charge in [-0.2, -0.15) is 0 Å². The predicted octanol–water partition coefficient (Wildman–Crippen LogP) is 3.36. The summed E-state index contributed by atoms with van der Waals surface area (Å²) in [7, 11) is 3.91. The van der Waals surface area contributed by atoms with E-state index in [1.165, 1.54) is 0 Å². The molecule has 8 nitrogen and oxygen atoms in total. The first-order valence-corrected chi connectivity index (χ1v) is 10.7. The zero-order valence-corrected chi connectivity index (χ0v) is 18.2. The van der Waals surface area contributed by atoms with Crippen LogP contribution in [0.25, 0.3) is 10.9 Å². The number of fused-ring (bicyclic) bond motifs is 1. The van der Waals surface area contributed by atoms with Crippen molar-refractivity contribution in [1.82, 2.24) is 9.97 Å². The lowest BCUT2D eigenvalue weighted by atomic mass is 9.91. The van der Waals surface area contributed by atoms with Crippen LogP contribution in [-0.2, 0) is 0 Å². The molecular formula is C23H28FN7O. The normalized spacial score (nSPS) is 18.4. The van der Waals surface area contributed by atoms with Crippen molar-refractivity contribution in [2.75, 3.05) is 29.6 Å². The standard InChI is InChI=1S/C23H28FN7O/c1-31(2)19-9-5-6-13-10-14(12-27-20(13)19)28-22-15(21(26)32)11-16(24)23(30-22)29-18-8-4-3-7-17(18)25/h5-6,9-12,17-18H,3-4,7-8,25H2,1-2H3,(H2,26,32)(H2,28,29,30)/t17?,18-/m1/s1. The number of nitrogens with one attached hydrogen (secondary N) is 2. The molecule has 0 radical (unpaired) electrons. The second kappa shape index (κ2) is 8.96. The number of carbonyl (C=O) groups is 1. The molecule has 2 atom stereocenters. The van der Waals surface area contributed by atoms with Gasteiger partial charge in [0.25, 0.3) is 5.91 Å². The van der Waals surface area contributed by atoms with Gasteiger partial charge in [-0.05, 0) is 31.0 Å². The Labute approximate surface area is 186 Å². The molecule has 1 aliphatic rings. The van der Waals surface area contributed by atoms with Gasteiger partial charge < -0.3 is 27.0 Å². The molecule has 1 saturated carbocycles. The van der Waals surface area contributed by atoms with Crippen molar-refractivity contribution in [1.29, 1.82) is 0 Å². The molecule has 1 aromatic carbocycles. The van der Waals surface area contributed by atoms with Crippen molar-refractivity contribution in [2.45, 2.75) is 37.8 Å². The Morgan fingerprint density at radius 3 is 2.69 bits per heavy atom. The van der Waals surface area contributed by atoms with Gasteiger partial charge in [0.15, 0.2) is 11.6 Å². The summed E-state index contributed by atoms with van der Waals surface area (Å²) in [6.45, 7) is 0. The van der Waals surface area contributed by atoms with Gasteiger partial charge in [-0.1, -0.05) is 25.0 Å². The molecule has 32 heavy (non-hydrogen) atoms. The van der Waals surface area contributed by atoms with E-state index in [0.29, 0.717) is 5.69 Å². The van der Waals surface area contributed by atoms with E-state index >= 15 is 0 Å². The maximum atomic E-state index is 14.7. The topological polar surface area (TPSA) is 122 Å². The van der Waals surface area contributed by atoms with Crippen LogP contribution < -0.4 is 27.0 Å². The lowest BCUT2D eigenvalue weighted by Crippen LogP contribution is -2.43. The molecule has 1 amide bonds.